The molecule has 0 unspecified atom stereocenters. The first-order valence-corrected chi connectivity index (χ1v) is 4.31. The van der Waals surface area contributed by atoms with Crippen LogP contribution >= 0.6 is 11.5 Å². The Morgan fingerprint density at radius 1 is 1.46 bits per heavy atom. The van der Waals surface area contributed by atoms with Gasteiger partial charge in [-0.25, -0.2) is 15.8 Å². The molecular weight excluding hydrogens is 188 g/mol. The molecule has 2 rings (SSSR count). The van der Waals surface area contributed by atoms with Crippen molar-refractivity contribution in [3.8, 4) is 11.5 Å². The van der Waals surface area contributed by atoms with E-state index in [-0.39, 0.29) is 0 Å². The Balaban J connectivity index is 2.41. The van der Waals surface area contributed by atoms with Gasteiger partial charge in [0.1, 0.15) is 11.5 Å². The van der Waals surface area contributed by atoms with Gasteiger partial charge >= 0.3 is 0 Å². The third kappa shape index (κ3) is 1.60. The molecule has 66 valence electrons. The second-order valence-electron chi connectivity index (χ2n) is 2.20. The maximum atomic E-state index is 5.20. The summed E-state index contributed by atoms with van der Waals surface area (Å²) in [5.41, 5.74) is 3.09. The Hall–Kier alpha value is -1.60. The van der Waals surface area contributed by atoms with E-state index >= 15 is 0 Å². The molecule has 7 heteroatoms. The lowest BCUT2D eigenvalue weighted by molar-refractivity contribution is 1.09. The maximum Gasteiger partial charge on any atom is 0.183 e. The van der Waals surface area contributed by atoms with Crippen LogP contribution in [0.2, 0.25) is 0 Å². The number of rotatable bonds is 2. The molecule has 0 radical (unpaired) electrons. The van der Waals surface area contributed by atoms with Crippen LogP contribution in [0.5, 0.6) is 0 Å². The summed E-state index contributed by atoms with van der Waals surface area (Å²) in [6.45, 7) is 0. The van der Waals surface area contributed by atoms with Gasteiger partial charge in [0, 0.05) is 17.6 Å². The highest BCUT2D eigenvalue weighted by molar-refractivity contribution is 7.03. The SMILES string of the molecule is NNc1ccnc(-c2csnn2)n1. The molecule has 6 nitrogen and oxygen atoms in total. The fourth-order valence-electron chi connectivity index (χ4n) is 0.825. The van der Waals surface area contributed by atoms with E-state index in [2.05, 4.69) is 25.0 Å². The van der Waals surface area contributed by atoms with Crippen LogP contribution in [-0.4, -0.2) is 19.6 Å². The number of nitrogens with two attached hydrogens (primary N) is 1. The second-order valence-corrected chi connectivity index (χ2v) is 2.81. The fraction of sp³-hybridized carbons (Fsp3) is 0. The molecule has 0 saturated carbocycles. The predicted molar refractivity (Wildman–Crippen MR) is 48.7 cm³/mol. The molecule has 3 N–H and O–H groups in total. The molecule has 0 saturated heterocycles. The van der Waals surface area contributed by atoms with Gasteiger partial charge in [0.2, 0.25) is 0 Å². The largest absolute Gasteiger partial charge is 0.308 e. The fourth-order valence-corrected chi connectivity index (χ4v) is 1.26. The summed E-state index contributed by atoms with van der Waals surface area (Å²) < 4.78 is 3.71. The highest BCUT2D eigenvalue weighted by atomic mass is 32.1. The number of hydrogen-bond donors (Lipinski definition) is 2. The van der Waals surface area contributed by atoms with Crippen LogP contribution in [0, 0.1) is 0 Å². The van der Waals surface area contributed by atoms with Crippen LogP contribution in [-0.2, 0) is 0 Å². The average Bonchev–Trinajstić information content (AvgIpc) is 2.71. The Bertz CT molecular complexity index is 386. The van der Waals surface area contributed by atoms with Gasteiger partial charge in [-0.2, -0.15) is 0 Å². The molecule has 0 aromatic carbocycles. The van der Waals surface area contributed by atoms with Crippen LogP contribution in [0.25, 0.3) is 11.5 Å². The summed E-state index contributed by atoms with van der Waals surface area (Å²) in [5.74, 6) is 6.27. The molecular formula is C6H6N6S. The van der Waals surface area contributed by atoms with E-state index < -0.39 is 0 Å². The highest BCUT2D eigenvalue weighted by Gasteiger charge is 2.03. The van der Waals surface area contributed by atoms with Crippen molar-refractivity contribution < 1.29 is 0 Å². The van der Waals surface area contributed by atoms with Crippen LogP contribution in [0.15, 0.2) is 17.6 Å². The number of anilines is 1. The minimum Gasteiger partial charge on any atom is -0.308 e. The van der Waals surface area contributed by atoms with Crippen molar-refractivity contribution in [2.75, 3.05) is 5.43 Å². The number of aromatic nitrogens is 4. The Morgan fingerprint density at radius 2 is 2.38 bits per heavy atom. The molecule has 0 spiro atoms. The Morgan fingerprint density at radius 3 is 3.08 bits per heavy atom. The van der Waals surface area contributed by atoms with E-state index in [1.54, 1.807) is 17.6 Å². The van der Waals surface area contributed by atoms with Gasteiger partial charge in [-0.3, -0.25) is 0 Å². The maximum absolute atomic E-state index is 5.20. The molecule has 2 aromatic heterocycles. The third-order valence-corrected chi connectivity index (χ3v) is 1.90. The van der Waals surface area contributed by atoms with E-state index in [0.717, 1.165) is 0 Å². The Labute approximate surface area is 78.0 Å². The number of nitrogens with one attached hydrogen (secondary N) is 1. The third-order valence-electron chi connectivity index (χ3n) is 1.39. The van der Waals surface area contributed by atoms with E-state index in [1.807, 2.05) is 0 Å². The summed E-state index contributed by atoms with van der Waals surface area (Å²) in [5, 5.41) is 5.61. The molecule has 0 amide bonds. The predicted octanol–water partition coefficient (Wildman–Crippen LogP) is 0.281. The molecule has 0 fully saturated rings. The Kier molecular flexibility index (Phi) is 2.11. The quantitative estimate of drug-likeness (QED) is 0.527. The van der Waals surface area contributed by atoms with Gasteiger partial charge < -0.3 is 5.43 Å². The lowest BCUT2D eigenvalue weighted by atomic mass is 10.4. The number of hydrogen-bond acceptors (Lipinski definition) is 7. The van der Waals surface area contributed by atoms with Crippen LogP contribution < -0.4 is 11.3 Å². The van der Waals surface area contributed by atoms with Crippen LogP contribution in [0.4, 0.5) is 5.82 Å². The summed E-state index contributed by atoms with van der Waals surface area (Å²) >= 11 is 1.26. The first-order valence-electron chi connectivity index (χ1n) is 3.47. The van der Waals surface area contributed by atoms with E-state index in [1.165, 1.54) is 11.5 Å². The molecule has 0 aliphatic carbocycles. The molecule has 2 heterocycles. The van der Waals surface area contributed by atoms with Crippen molar-refractivity contribution in [2.45, 2.75) is 0 Å². The molecule has 0 aliphatic heterocycles. The van der Waals surface area contributed by atoms with Gasteiger partial charge in [0.05, 0.1) is 0 Å². The zero-order chi connectivity index (χ0) is 9.10. The minimum atomic E-state index is 0.518. The first-order chi connectivity index (χ1) is 6.40. The number of nitrogen functional groups attached to an aromatic ring is 1. The lowest BCUT2D eigenvalue weighted by Crippen LogP contribution is -2.09. The molecule has 0 bridgehead atoms. The summed E-state index contributed by atoms with van der Waals surface area (Å²) in [7, 11) is 0. The van der Waals surface area contributed by atoms with Gasteiger partial charge in [0.25, 0.3) is 0 Å². The van der Waals surface area contributed by atoms with Gasteiger partial charge in [-0.05, 0) is 11.5 Å². The molecule has 0 aliphatic rings. The van der Waals surface area contributed by atoms with Gasteiger partial charge in [-0.1, -0.05) is 4.49 Å². The molecule has 0 atom stereocenters. The monoisotopic (exact) mass is 194 g/mol. The van der Waals surface area contributed by atoms with Gasteiger partial charge in [0.15, 0.2) is 5.82 Å². The van der Waals surface area contributed by atoms with Gasteiger partial charge in [-0.15, -0.1) is 5.10 Å². The zero-order valence-electron chi connectivity index (χ0n) is 6.51. The standard InChI is InChI=1S/C6H6N6S/c7-10-5-1-2-8-6(9-5)4-3-13-12-11-4/h1-3H,7H2,(H,8,9,10). The van der Waals surface area contributed by atoms with Crippen LogP contribution in [0.1, 0.15) is 0 Å². The summed E-state index contributed by atoms with van der Waals surface area (Å²) in [6, 6.07) is 1.67. The summed E-state index contributed by atoms with van der Waals surface area (Å²) in [4.78, 5) is 8.12. The second kappa shape index (κ2) is 3.42. The van der Waals surface area contributed by atoms with E-state index in [9.17, 15) is 0 Å². The van der Waals surface area contributed by atoms with Crippen molar-refractivity contribution in [1.29, 1.82) is 0 Å². The number of hydrazine groups is 1. The minimum absolute atomic E-state index is 0.518. The first kappa shape index (κ1) is 8.02. The smallest absolute Gasteiger partial charge is 0.183 e. The van der Waals surface area contributed by atoms with Crippen molar-refractivity contribution in [3.05, 3.63) is 17.6 Å². The summed E-state index contributed by atoms with van der Waals surface area (Å²) in [6.07, 6.45) is 1.61. The normalized spacial score (nSPS) is 9.92. The number of nitrogens with zero attached hydrogens (tertiary/aromatic N) is 4. The van der Waals surface area contributed by atoms with E-state index in [0.29, 0.717) is 17.3 Å². The van der Waals surface area contributed by atoms with Crippen molar-refractivity contribution in [2.24, 2.45) is 5.84 Å². The lowest BCUT2D eigenvalue weighted by Gasteiger charge is -1.98. The average molecular weight is 194 g/mol. The molecule has 2 aromatic rings. The topological polar surface area (TPSA) is 89.6 Å². The van der Waals surface area contributed by atoms with Crippen LogP contribution in [0.3, 0.4) is 0 Å². The van der Waals surface area contributed by atoms with Crippen molar-refractivity contribution in [3.63, 3.8) is 0 Å². The van der Waals surface area contributed by atoms with E-state index in [4.69, 9.17) is 5.84 Å². The van der Waals surface area contributed by atoms with Crippen molar-refractivity contribution in [1.82, 2.24) is 19.6 Å². The van der Waals surface area contributed by atoms with Crippen molar-refractivity contribution >= 4 is 17.4 Å². The molecule has 13 heavy (non-hydrogen) atoms. The highest BCUT2D eigenvalue weighted by Crippen LogP contribution is 2.13. The zero-order valence-corrected chi connectivity index (χ0v) is 7.32.